The van der Waals surface area contributed by atoms with E-state index in [1.54, 1.807) is 24.3 Å². The highest BCUT2D eigenvalue weighted by Gasteiger charge is 2.37. The molecule has 108 valence electrons. The van der Waals surface area contributed by atoms with Gasteiger partial charge in [-0.25, -0.2) is 9.78 Å². The van der Waals surface area contributed by atoms with Crippen molar-refractivity contribution in [3.63, 3.8) is 0 Å². The van der Waals surface area contributed by atoms with Crippen molar-refractivity contribution in [2.75, 3.05) is 6.54 Å². The summed E-state index contributed by atoms with van der Waals surface area (Å²) in [5, 5.41) is 11.4. The maximum atomic E-state index is 12.6. The number of carboxylic acid groups (broad SMARTS) is 1. The average Bonchev–Trinajstić information content (AvgIpc) is 2.93. The Morgan fingerprint density at radius 3 is 2.90 bits per heavy atom. The fraction of sp³-hybridized carbons (Fsp3) is 0.214. The van der Waals surface area contributed by atoms with E-state index in [0.29, 0.717) is 23.1 Å². The van der Waals surface area contributed by atoms with E-state index in [1.807, 2.05) is 5.38 Å². The molecule has 0 radical (unpaired) electrons. The summed E-state index contributed by atoms with van der Waals surface area (Å²) in [6.07, 6.45) is 0.677. The smallest absolute Gasteiger partial charge is 0.331 e. The fourth-order valence-corrected chi connectivity index (χ4v) is 3.72. The molecule has 0 saturated carbocycles. The predicted octanol–water partition coefficient (Wildman–Crippen LogP) is 2.73. The number of pyridine rings is 1. The van der Waals surface area contributed by atoms with Gasteiger partial charge in [0.25, 0.3) is 5.91 Å². The lowest BCUT2D eigenvalue weighted by Gasteiger charge is -2.32. The quantitative estimate of drug-likeness (QED) is 0.829. The van der Waals surface area contributed by atoms with Crippen LogP contribution >= 0.6 is 27.3 Å². The molecule has 7 heteroatoms. The number of hydrogen-bond acceptors (Lipinski definition) is 4. The minimum absolute atomic E-state index is 0.245. The van der Waals surface area contributed by atoms with Gasteiger partial charge in [0.1, 0.15) is 10.3 Å². The van der Waals surface area contributed by atoms with Gasteiger partial charge in [-0.05, 0) is 51.5 Å². The van der Waals surface area contributed by atoms with Gasteiger partial charge in [0.15, 0.2) is 6.04 Å². The van der Waals surface area contributed by atoms with E-state index in [4.69, 9.17) is 0 Å². The van der Waals surface area contributed by atoms with Crippen LogP contribution in [0, 0.1) is 0 Å². The molecule has 1 unspecified atom stereocenters. The van der Waals surface area contributed by atoms with Crippen LogP contribution < -0.4 is 0 Å². The van der Waals surface area contributed by atoms with Gasteiger partial charge in [0.05, 0.1) is 0 Å². The number of amides is 1. The molecule has 0 fully saturated rings. The standard InChI is InChI=1S/C14H11BrN2O3S/c15-11-3-1-2-9(16-11)13(18)17-6-4-10-8(5-7-21-10)12(17)14(19)20/h1-3,5,7,12H,4,6H2,(H,19,20). The van der Waals surface area contributed by atoms with Gasteiger partial charge in [0, 0.05) is 11.4 Å². The van der Waals surface area contributed by atoms with Crippen molar-refractivity contribution in [2.24, 2.45) is 0 Å². The third-order valence-corrected chi connectivity index (χ3v) is 4.83. The summed E-state index contributed by atoms with van der Waals surface area (Å²) in [7, 11) is 0. The molecule has 1 N–H and O–H groups in total. The van der Waals surface area contributed by atoms with Crippen molar-refractivity contribution >= 4 is 39.1 Å². The highest BCUT2D eigenvalue weighted by molar-refractivity contribution is 9.10. The number of aromatic nitrogens is 1. The van der Waals surface area contributed by atoms with Crippen LogP contribution in [-0.4, -0.2) is 33.4 Å². The zero-order valence-corrected chi connectivity index (χ0v) is 13.2. The fourth-order valence-electron chi connectivity index (χ4n) is 2.48. The Hall–Kier alpha value is -1.73. The van der Waals surface area contributed by atoms with Gasteiger partial charge in [-0.1, -0.05) is 6.07 Å². The highest BCUT2D eigenvalue weighted by Crippen LogP contribution is 2.34. The molecule has 0 saturated heterocycles. The van der Waals surface area contributed by atoms with Gasteiger partial charge in [-0.2, -0.15) is 0 Å². The normalized spacial score (nSPS) is 17.4. The first-order chi connectivity index (χ1) is 10.1. The van der Waals surface area contributed by atoms with Gasteiger partial charge < -0.3 is 10.0 Å². The Balaban J connectivity index is 1.98. The van der Waals surface area contributed by atoms with Crippen LogP contribution in [0.1, 0.15) is 27.0 Å². The number of carboxylic acids is 1. The molecule has 1 amide bonds. The molecule has 1 aliphatic rings. The topological polar surface area (TPSA) is 70.5 Å². The van der Waals surface area contributed by atoms with Crippen LogP contribution in [0.5, 0.6) is 0 Å². The highest BCUT2D eigenvalue weighted by atomic mass is 79.9. The van der Waals surface area contributed by atoms with E-state index in [0.717, 1.165) is 4.88 Å². The van der Waals surface area contributed by atoms with E-state index in [2.05, 4.69) is 20.9 Å². The maximum absolute atomic E-state index is 12.6. The van der Waals surface area contributed by atoms with Crippen molar-refractivity contribution in [3.8, 4) is 0 Å². The van der Waals surface area contributed by atoms with Gasteiger partial charge >= 0.3 is 5.97 Å². The molecule has 5 nitrogen and oxygen atoms in total. The summed E-state index contributed by atoms with van der Waals surface area (Å²) in [6.45, 7) is 0.386. The number of aliphatic carboxylic acids is 1. The zero-order chi connectivity index (χ0) is 15.0. The molecule has 0 aromatic carbocycles. The molecule has 2 aromatic heterocycles. The second-order valence-corrected chi connectivity index (χ2v) is 6.45. The Morgan fingerprint density at radius 2 is 2.19 bits per heavy atom. The van der Waals surface area contributed by atoms with E-state index in [9.17, 15) is 14.7 Å². The van der Waals surface area contributed by atoms with Gasteiger partial charge in [-0.3, -0.25) is 4.79 Å². The van der Waals surface area contributed by atoms with E-state index in [-0.39, 0.29) is 11.6 Å². The molecule has 0 spiro atoms. The van der Waals surface area contributed by atoms with E-state index < -0.39 is 12.0 Å². The Kier molecular flexibility index (Phi) is 3.77. The molecule has 2 aromatic rings. The minimum Gasteiger partial charge on any atom is -0.479 e. The molecule has 3 heterocycles. The minimum atomic E-state index is -1.02. The molecule has 3 rings (SSSR count). The lowest BCUT2D eigenvalue weighted by molar-refractivity contribution is -0.142. The first kappa shape index (κ1) is 14.2. The van der Waals surface area contributed by atoms with Crippen LogP contribution in [0.15, 0.2) is 34.2 Å². The lowest BCUT2D eigenvalue weighted by Crippen LogP contribution is -2.43. The largest absolute Gasteiger partial charge is 0.479 e. The van der Waals surface area contributed by atoms with Crippen LogP contribution in [0.25, 0.3) is 0 Å². The van der Waals surface area contributed by atoms with Crippen LogP contribution in [-0.2, 0) is 11.2 Å². The van der Waals surface area contributed by atoms with Crippen molar-refractivity contribution in [1.82, 2.24) is 9.88 Å². The molecular formula is C14H11BrN2O3S. The summed E-state index contributed by atoms with van der Waals surface area (Å²) in [6, 6.07) is 5.87. The van der Waals surface area contributed by atoms with Crippen molar-refractivity contribution in [3.05, 3.63) is 50.4 Å². The number of fused-ring (bicyclic) bond motifs is 1. The predicted molar refractivity (Wildman–Crippen MR) is 81.4 cm³/mol. The Morgan fingerprint density at radius 1 is 1.38 bits per heavy atom. The van der Waals surface area contributed by atoms with Crippen molar-refractivity contribution < 1.29 is 14.7 Å². The summed E-state index contributed by atoms with van der Waals surface area (Å²) in [4.78, 5) is 30.7. The molecule has 1 atom stereocenters. The number of halogens is 1. The first-order valence-corrected chi connectivity index (χ1v) is 7.98. The van der Waals surface area contributed by atoms with Gasteiger partial charge in [-0.15, -0.1) is 11.3 Å². The number of hydrogen-bond donors (Lipinski definition) is 1. The van der Waals surface area contributed by atoms with Crippen LogP contribution in [0.4, 0.5) is 0 Å². The van der Waals surface area contributed by atoms with Crippen LogP contribution in [0.2, 0.25) is 0 Å². The molecule has 1 aliphatic heterocycles. The number of carbonyl (C=O) groups is 2. The molecular weight excluding hydrogens is 356 g/mol. The summed E-state index contributed by atoms with van der Waals surface area (Å²) < 4.78 is 0.549. The average molecular weight is 367 g/mol. The third kappa shape index (κ3) is 2.58. The second kappa shape index (κ2) is 5.57. The second-order valence-electron chi connectivity index (χ2n) is 4.63. The molecule has 0 bridgehead atoms. The first-order valence-electron chi connectivity index (χ1n) is 6.30. The van der Waals surface area contributed by atoms with E-state index >= 15 is 0 Å². The van der Waals surface area contributed by atoms with Crippen molar-refractivity contribution in [2.45, 2.75) is 12.5 Å². The number of thiophene rings is 1. The van der Waals surface area contributed by atoms with E-state index in [1.165, 1.54) is 16.2 Å². The number of nitrogens with zero attached hydrogens (tertiary/aromatic N) is 2. The number of rotatable bonds is 2. The van der Waals surface area contributed by atoms with Gasteiger partial charge in [0.2, 0.25) is 0 Å². The summed E-state index contributed by atoms with van der Waals surface area (Å²) >= 11 is 4.76. The number of carbonyl (C=O) groups excluding carboxylic acids is 1. The van der Waals surface area contributed by atoms with Crippen LogP contribution in [0.3, 0.4) is 0 Å². The summed E-state index contributed by atoms with van der Waals surface area (Å²) in [5.74, 6) is -1.38. The molecule has 21 heavy (non-hydrogen) atoms. The van der Waals surface area contributed by atoms with Crippen molar-refractivity contribution in [1.29, 1.82) is 0 Å². The monoisotopic (exact) mass is 366 g/mol. The summed E-state index contributed by atoms with van der Waals surface area (Å²) in [5.41, 5.74) is 0.955. The lowest BCUT2D eigenvalue weighted by atomic mass is 9.99. The Labute approximate surface area is 133 Å². The maximum Gasteiger partial charge on any atom is 0.331 e. The Bertz CT molecular complexity index is 716. The molecule has 0 aliphatic carbocycles. The zero-order valence-electron chi connectivity index (χ0n) is 10.8. The SMILES string of the molecule is O=C(O)C1c2ccsc2CCN1C(=O)c1cccc(Br)n1. The third-order valence-electron chi connectivity index (χ3n) is 3.39.